The molecule has 0 atom stereocenters. The number of fused-ring (bicyclic) bond motifs is 1. The molecule has 146 valence electrons. The van der Waals surface area contributed by atoms with Crippen molar-refractivity contribution in [1.29, 1.82) is 0 Å². The molecule has 0 bridgehead atoms. The molecule has 4 rings (SSSR count). The van der Waals surface area contributed by atoms with Gasteiger partial charge in [-0.15, -0.1) is 0 Å². The minimum absolute atomic E-state index is 0.121. The largest absolute Gasteiger partial charge is 0.367 e. The Labute approximate surface area is 164 Å². The van der Waals surface area contributed by atoms with Crippen LogP contribution in [0.1, 0.15) is 22.5 Å². The molecular formula is C20H23N5O2S. The van der Waals surface area contributed by atoms with Crippen LogP contribution in [-0.4, -0.2) is 29.2 Å². The van der Waals surface area contributed by atoms with Crippen LogP contribution in [0.5, 0.6) is 0 Å². The van der Waals surface area contributed by atoms with Crippen LogP contribution in [0, 0.1) is 13.8 Å². The summed E-state index contributed by atoms with van der Waals surface area (Å²) in [5.41, 5.74) is 4.60. The first-order valence-electron chi connectivity index (χ1n) is 9.16. The predicted molar refractivity (Wildman–Crippen MR) is 109 cm³/mol. The molecule has 1 aliphatic carbocycles. The fourth-order valence-electron chi connectivity index (χ4n) is 3.61. The highest BCUT2D eigenvalue weighted by Gasteiger charge is 2.22. The molecule has 2 heterocycles. The number of benzene rings is 1. The Kier molecular flexibility index (Phi) is 4.58. The van der Waals surface area contributed by atoms with Crippen LogP contribution in [-0.2, 0) is 29.9 Å². The third-order valence-electron chi connectivity index (χ3n) is 5.20. The number of hydrogen-bond donors (Lipinski definition) is 2. The van der Waals surface area contributed by atoms with Crippen molar-refractivity contribution in [2.75, 3.05) is 10.0 Å². The van der Waals surface area contributed by atoms with Crippen molar-refractivity contribution in [3.8, 4) is 0 Å². The zero-order chi connectivity index (χ0) is 19.9. The van der Waals surface area contributed by atoms with Gasteiger partial charge in [0.15, 0.2) is 0 Å². The molecule has 7 nitrogen and oxygen atoms in total. The maximum Gasteiger partial charge on any atom is 0.263 e. The second-order valence-corrected chi connectivity index (χ2v) is 8.85. The third-order valence-corrected chi connectivity index (χ3v) is 6.53. The number of rotatable bonds is 5. The van der Waals surface area contributed by atoms with Crippen LogP contribution >= 0.6 is 0 Å². The van der Waals surface area contributed by atoms with Gasteiger partial charge in [0.25, 0.3) is 10.0 Å². The van der Waals surface area contributed by atoms with Crippen molar-refractivity contribution in [1.82, 2.24) is 14.8 Å². The summed E-state index contributed by atoms with van der Waals surface area (Å²) in [6.07, 6.45) is 3.27. The topological polar surface area (TPSA) is 88.9 Å². The summed E-state index contributed by atoms with van der Waals surface area (Å²) >= 11 is 0. The molecule has 0 unspecified atom stereocenters. The minimum atomic E-state index is -3.73. The Morgan fingerprint density at radius 2 is 1.75 bits per heavy atom. The van der Waals surface area contributed by atoms with E-state index in [4.69, 9.17) is 0 Å². The standard InChI is InChI=1S/C20H23N5O2S/c1-13-20(14(2)25(3)23-13)24-28(26,27)18-8-9-19(21-12-18)22-17-10-15-6-4-5-7-16(15)11-17/h4-9,12,17,24H,10-11H2,1-3H3,(H,21,22). The van der Waals surface area contributed by atoms with Gasteiger partial charge in [-0.2, -0.15) is 5.10 Å². The van der Waals surface area contributed by atoms with Crippen molar-refractivity contribution in [2.24, 2.45) is 7.05 Å². The van der Waals surface area contributed by atoms with Crippen molar-refractivity contribution in [2.45, 2.75) is 37.6 Å². The van der Waals surface area contributed by atoms with Crippen LogP contribution < -0.4 is 10.0 Å². The van der Waals surface area contributed by atoms with Gasteiger partial charge in [0.1, 0.15) is 10.7 Å². The molecule has 0 fully saturated rings. The molecule has 2 aromatic heterocycles. The van der Waals surface area contributed by atoms with E-state index in [-0.39, 0.29) is 10.9 Å². The lowest BCUT2D eigenvalue weighted by Gasteiger charge is -2.13. The van der Waals surface area contributed by atoms with Gasteiger partial charge in [-0.3, -0.25) is 9.40 Å². The highest BCUT2D eigenvalue weighted by Crippen LogP contribution is 2.25. The number of aryl methyl sites for hydroxylation is 2. The second kappa shape index (κ2) is 6.94. The van der Waals surface area contributed by atoms with Crippen molar-refractivity contribution in [3.63, 3.8) is 0 Å². The molecule has 28 heavy (non-hydrogen) atoms. The summed E-state index contributed by atoms with van der Waals surface area (Å²) in [5.74, 6) is 0.672. The van der Waals surface area contributed by atoms with E-state index >= 15 is 0 Å². The van der Waals surface area contributed by atoms with Crippen molar-refractivity contribution in [3.05, 3.63) is 65.1 Å². The van der Waals surface area contributed by atoms with E-state index in [9.17, 15) is 8.42 Å². The Morgan fingerprint density at radius 3 is 2.29 bits per heavy atom. The van der Waals surface area contributed by atoms with Crippen molar-refractivity contribution < 1.29 is 8.42 Å². The summed E-state index contributed by atoms with van der Waals surface area (Å²) in [7, 11) is -1.95. The molecule has 0 aliphatic heterocycles. The van der Waals surface area contributed by atoms with E-state index in [1.807, 2.05) is 6.92 Å². The number of anilines is 2. The Bertz CT molecular complexity index is 1090. The third kappa shape index (κ3) is 3.47. The normalized spacial score (nSPS) is 14.1. The number of aromatic nitrogens is 3. The first kappa shape index (κ1) is 18.5. The number of sulfonamides is 1. The zero-order valence-corrected chi connectivity index (χ0v) is 16.9. The smallest absolute Gasteiger partial charge is 0.263 e. The fraction of sp³-hybridized carbons (Fsp3) is 0.300. The van der Waals surface area contributed by atoms with Gasteiger partial charge in [-0.1, -0.05) is 24.3 Å². The fourth-order valence-corrected chi connectivity index (χ4v) is 4.73. The average Bonchev–Trinajstić information content (AvgIpc) is 3.17. The summed E-state index contributed by atoms with van der Waals surface area (Å²) in [4.78, 5) is 4.43. The quantitative estimate of drug-likeness (QED) is 0.691. The molecule has 1 aliphatic rings. The molecule has 3 aromatic rings. The lowest BCUT2D eigenvalue weighted by molar-refractivity contribution is 0.600. The first-order chi connectivity index (χ1) is 13.3. The van der Waals surface area contributed by atoms with Crippen LogP contribution in [0.3, 0.4) is 0 Å². The Morgan fingerprint density at radius 1 is 1.07 bits per heavy atom. The van der Waals surface area contributed by atoms with Crippen LogP contribution in [0.4, 0.5) is 11.5 Å². The average molecular weight is 398 g/mol. The zero-order valence-electron chi connectivity index (χ0n) is 16.1. The van der Waals surface area contributed by atoms with E-state index in [0.717, 1.165) is 18.5 Å². The van der Waals surface area contributed by atoms with Gasteiger partial charge in [0, 0.05) is 19.3 Å². The molecule has 8 heteroatoms. The molecule has 1 aromatic carbocycles. The van der Waals surface area contributed by atoms with E-state index < -0.39 is 10.0 Å². The molecule has 0 saturated heterocycles. The molecule has 0 radical (unpaired) electrons. The summed E-state index contributed by atoms with van der Waals surface area (Å²) in [6.45, 7) is 3.60. The van der Waals surface area contributed by atoms with Gasteiger partial charge in [-0.25, -0.2) is 13.4 Å². The maximum atomic E-state index is 12.7. The Hall–Kier alpha value is -2.87. The lowest BCUT2D eigenvalue weighted by Crippen LogP contribution is -2.20. The maximum absolute atomic E-state index is 12.7. The van der Waals surface area contributed by atoms with Crippen LogP contribution in [0.25, 0.3) is 0 Å². The van der Waals surface area contributed by atoms with E-state index in [1.165, 1.54) is 17.3 Å². The summed E-state index contributed by atoms with van der Waals surface area (Å²) in [6, 6.07) is 11.9. The molecular weight excluding hydrogens is 374 g/mol. The van der Waals surface area contributed by atoms with Gasteiger partial charge >= 0.3 is 0 Å². The number of hydrogen-bond acceptors (Lipinski definition) is 5. The Balaban J connectivity index is 1.47. The number of nitrogens with one attached hydrogen (secondary N) is 2. The molecule has 0 spiro atoms. The lowest BCUT2D eigenvalue weighted by atomic mass is 10.1. The first-order valence-corrected chi connectivity index (χ1v) is 10.6. The van der Waals surface area contributed by atoms with E-state index in [1.54, 1.807) is 30.8 Å². The van der Waals surface area contributed by atoms with Crippen molar-refractivity contribution >= 4 is 21.5 Å². The molecule has 0 saturated carbocycles. The number of pyridine rings is 1. The molecule has 2 N–H and O–H groups in total. The van der Waals surface area contributed by atoms with Crippen LogP contribution in [0.15, 0.2) is 47.5 Å². The van der Waals surface area contributed by atoms with E-state index in [2.05, 4.69) is 44.4 Å². The SMILES string of the molecule is Cc1nn(C)c(C)c1NS(=O)(=O)c1ccc(NC2Cc3ccccc3C2)nc1. The second-order valence-electron chi connectivity index (χ2n) is 7.17. The van der Waals surface area contributed by atoms with Gasteiger partial charge in [0.2, 0.25) is 0 Å². The molecule has 0 amide bonds. The summed E-state index contributed by atoms with van der Waals surface area (Å²) in [5, 5.41) is 7.64. The minimum Gasteiger partial charge on any atom is -0.367 e. The van der Waals surface area contributed by atoms with Gasteiger partial charge < -0.3 is 5.32 Å². The van der Waals surface area contributed by atoms with Crippen LogP contribution in [0.2, 0.25) is 0 Å². The van der Waals surface area contributed by atoms with E-state index in [0.29, 0.717) is 17.2 Å². The van der Waals surface area contributed by atoms with Gasteiger partial charge in [-0.05, 0) is 49.9 Å². The highest BCUT2D eigenvalue weighted by atomic mass is 32.2. The highest BCUT2D eigenvalue weighted by molar-refractivity contribution is 7.92. The summed E-state index contributed by atoms with van der Waals surface area (Å²) < 4.78 is 29.7. The predicted octanol–water partition coefficient (Wildman–Crippen LogP) is 2.81. The number of nitrogens with zero attached hydrogens (tertiary/aromatic N) is 3. The van der Waals surface area contributed by atoms with Gasteiger partial charge in [0.05, 0.1) is 17.1 Å². The monoisotopic (exact) mass is 397 g/mol.